The summed E-state index contributed by atoms with van der Waals surface area (Å²) in [6, 6.07) is 7.13. The van der Waals surface area contributed by atoms with Crippen LogP contribution in [0.2, 0.25) is 0 Å². The molecular weight excluding hydrogens is 258 g/mol. The van der Waals surface area contributed by atoms with Crippen molar-refractivity contribution in [1.82, 2.24) is 5.32 Å². The van der Waals surface area contributed by atoms with Gasteiger partial charge in [-0.2, -0.15) is 0 Å². The van der Waals surface area contributed by atoms with Gasteiger partial charge in [-0.25, -0.2) is 0 Å². The second-order valence-electron chi connectivity index (χ2n) is 6.48. The standard InChI is InChI=1S/C19H31NO/c1-4-20-19(17-12-15(2)11-16(3)13-17)14-21-18-9-7-5-6-8-10-18/h11-13,18-20H,4-10,14H2,1-3H3. The molecule has 0 spiro atoms. The fourth-order valence-electron chi connectivity index (χ4n) is 3.37. The largest absolute Gasteiger partial charge is 0.376 e. The van der Waals surface area contributed by atoms with Crippen LogP contribution in [0, 0.1) is 13.8 Å². The normalized spacial score (nSPS) is 18.4. The van der Waals surface area contributed by atoms with Crippen LogP contribution in [0.4, 0.5) is 0 Å². The van der Waals surface area contributed by atoms with E-state index in [-0.39, 0.29) is 0 Å². The van der Waals surface area contributed by atoms with E-state index in [1.807, 2.05) is 0 Å². The van der Waals surface area contributed by atoms with Crippen LogP contribution in [0.3, 0.4) is 0 Å². The zero-order chi connectivity index (χ0) is 15.1. The summed E-state index contributed by atoms with van der Waals surface area (Å²) in [6.07, 6.45) is 8.39. The minimum Gasteiger partial charge on any atom is -0.376 e. The molecule has 1 aromatic carbocycles. The van der Waals surface area contributed by atoms with Gasteiger partial charge in [-0.3, -0.25) is 0 Å². The molecule has 1 fully saturated rings. The molecular formula is C19H31NO. The third-order valence-corrected chi connectivity index (χ3v) is 4.40. The summed E-state index contributed by atoms with van der Waals surface area (Å²) in [6.45, 7) is 8.28. The molecule has 1 aliphatic rings. The molecule has 118 valence electrons. The molecule has 1 unspecified atom stereocenters. The first-order valence-electron chi connectivity index (χ1n) is 8.62. The minimum atomic E-state index is 0.317. The molecule has 1 aliphatic carbocycles. The van der Waals surface area contributed by atoms with Crippen molar-refractivity contribution >= 4 is 0 Å². The number of hydrogen-bond acceptors (Lipinski definition) is 2. The highest BCUT2D eigenvalue weighted by molar-refractivity contribution is 5.30. The molecule has 21 heavy (non-hydrogen) atoms. The van der Waals surface area contributed by atoms with Gasteiger partial charge in [0.1, 0.15) is 0 Å². The average molecular weight is 289 g/mol. The molecule has 0 bridgehead atoms. The maximum absolute atomic E-state index is 6.25. The van der Waals surface area contributed by atoms with Crippen LogP contribution in [0.1, 0.15) is 68.2 Å². The van der Waals surface area contributed by atoms with E-state index >= 15 is 0 Å². The van der Waals surface area contributed by atoms with Crippen LogP contribution in [-0.2, 0) is 4.74 Å². The van der Waals surface area contributed by atoms with Crippen molar-refractivity contribution in [3.63, 3.8) is 0 Å². The Morgan fingerprint density at radius 2 is 1.67 bits per heavy atom. The van der Waals surface area contributed by atoms with Gasteiger partial charge in [-0.05, 0) is 38.8 Å². The van der Waals surface area contributed by atoms with Gasteiger partial charge in [-0.15, -0.1) is 0 Å². The third-order valence-electron chi connectivity index (χ3n) is 4.40. The molecule has 0 amide bonds. The monoisotopic (exact) mass is 289 g/mol. The van der Waals surface area contributed by atoms with Crippen molar-refractivity contribution in [2.24, 2.45) is 0 Å². The van der Waals surface area contributed by atoms with Crippen LogP contribution >= 0.6 is 0 Å². The molecule has 1 atom stereocenters. The summed E-state index contributed by atoms with van der Waals surface area (Å²) >= 11 is 0. The van der Waals surface area contributed by atoms with E-state index < -0.39 is 0 Å². The Balaban J connectivity index is 1.97. The first kappa shape index (κ1) is 16.5. The molecule has 0 radical (unpaired) electrons. The van der Waals surface area contributed by atoms with Crippen molar-refractivity contribution in [3.05, 3.63) is 34.9 Å². The predicted molar refractivity (Wildman–Crippen MR) is 89.8 cm³/mol. The Hall–Kier alpha value is -0.860. The minimum absolute atomic E-state index is 0.317. The van der Waals surface area contributed by atoms with E-state index in [0.29, 0.717) is 12.1 Å². The number of nitrogens with one attached hydrogen (secondary N) is 1. The Morgan fingerprint density at radius 3 is 2.24 bits per heavy atom. The summed E-state index contributed by atoms with van der Waals surface area (Å²) in [5.74, 6) is 0. The lowest BCUT2D eigenvalue weighted by molar-refractivity contribution is 0.0291. The van der Waals surface area contributed by atoms with Crippen LogP contribution < -0.4 is 5.32 Å². The smallest absolute Gasteiger partial charge is 0.0665 e. The first-order chi connectivity index (χ1) is 10.2. The summed E-state index contributed by atoms with van der Waals surface area (Å²) < 4.78 is 6.25. The molecule has 0 heterocycles. The van der Waals surface area contributed by atoms with E-state index in [1.165, 1.54) is 55.2 Å². The molecule has 0 saturated heterocycles. The van der Waals surface area contributed by atoms with E-state index in [0.717, 1.165) is 13.2 Å². The number of benzene rings is 1. The highest BCUT2D eigenvalue weighted by Gasteiger charge is 2.17. The van der Waals surface area contributed by atoms with Gasteiger partial charge in [0.05, 0.1) is 18.8 Å². The van der Waals surface area contributed by atoms with Crippen LogP contribution in [0.5, 0.6) is 0 Å². The Bertz CT molecular complexity index is 401. The lowest BCUT2D eigenvalue weighted by Gasteiger charge is -2.23. The maximum Gasteiger partial charge on any atom is 0.0665 e. The molecule has 2 rings (SSSR count). The van der Waals surface area contributed by atoms with Crippen molar-refractivity contribution < 1.29 is 4.74 Å². The second-order valence-corrected chi connectivity index (χ2v) is 6.48. The van der Waals surface area contributed by atoms with Crippen molar-refractivity contribution in [2.75, 3.05) is 13.2 Å². The fraction of sp³-hybridized carbons (Fsp3) is 0.684. The molecule has 1 aromatic rings. The van der Waals surface area contributed by atoms with Gasteiger partial charge in [0.2, 0.25) is 0 Å². The number of hydrogen-bond donors (Lipinski definition) is 1. The lowest BCUT2D eigenvalue weighted by Crippen LogP contribution is -2.28. The molecule has 2 nitrogen and oxygen atoms in total. The van der Waals surface area contributed by atoms with E-state index in [1.54, 1.807) is 0 Å². The van der Waals surface area contributed by atoms with E-state index in [4.69, 9.17) is 4.74 Å². The number of aryl methyl sites for hydroxylation is 2. The first-order valence-corrected chi connectivity index (χ1v) is 8.62. The van der Waals surface area contributed by atoms with Gasteiger partial charge < -0.3 is 10.1 Å². The van der Waals surface area contributed by atoms with E-state index in [9.17, 15) is 0 Å². The predicted octanol–water partition coefficient (Wildman–Crippen LogP) is 4.69. The van der Waals surface area contributed by atoms with Crippen molar-refractivity contribution in [2.45, 2.75) is 71.4 Å². The fourth-order valence-corrected chi connectivity index (χ4v) is 3.37. The topological polar surface area (TPSA) is 21.3 Å². The summed E-state index contributed by atoms with van der Waals surface area (Å²) in [5.41, 5.74) is 4.03. The van der Waals surface area contributed by atoms with Gasteiger partial charge in [0, 0.05) is 0 Å². The zero-order valence-corrected chi connectivity index (χ0v) is 14.0. The second kappa shape index (κ2) is 8.55. The Morgan fingerprint density at radius 1 is 1.05 bits per heavy atom. The number of ether oxygens (including phenoxy) is 1. The lowest BCUT2D eigenvalue weighted by atomic mass is 10.0. The van der Waals surface area contributed by atoms with Gasteiger partial charge in [0.15, 0.2) is 0 Å². The maximum atomic E-state index is 6.25. The highest BCUT2D eigenvalue weighted by Crippen LogP contribution is 2.23. The molecule has 1 saturated carbocycles. The summed E-state index contributed by atoms with van der Waals surface area (Å²) in [4.78, 5) is 0. The van der Waals surface area contributed by atoms with Gasteiger partial charge in [0.25, 0.3) is 0 Å². The quantitative estimate of drug-likeness (QED) is 0.767. The molecule has 0 aliphatic heterocycles. The molecule has 0 aromatic heterocycles. The third kappa shape index (κ3) is 5.44. The highest BCUT2D eigenvalue weighted by atomic mass is 16.5. The number of rotatable bonds is 6. The summed E-state index contributed by atoms with van der Waals surface area (Å²) in [7, 11) is 0. The average Bonchev–Trinajstić information content (AvgIpc) is 2.71. The van der Waals surface area contributed by atoms with Crippen LogP contribution in [0.15, 0.2) is 18.2 Å². The number of likely N-dealkylation sites (N-methyl/N-ethyl adjacent to an activating group) is 1. The zero-order valence-electron chi connectivity index (χ0n) is 14.0. The Kier molecular flexibility index (Phi) is 6.72. The van der Waals surface area contributed by atoms with Gasteiger partial charge >= 0.3 is 0 Å². The van der Waals surface area contributed by atoms with Crippen LogP contribution in [0.25, 0.3) is 0 Å². The molecule has 2 heteroatoms. The van der Waals surface area contributed by atoms with Gasteiger partial charge in [-0.1, -0.05) is 61.9 Å². The van der Waals surface area contributed by atoms with Crippen LogP contribution in [-0.4, -0.2) is 19.3 Å². The van der Waals surface area contributed by atoms with Crippen molar-refractivity contribution in [1.29, 1.82) is 0 Å². The molecule has 1 N–H and O–H groups in total. The Labute approximate surface area is 130 Å². The SMILES string of the molecule is CCNC(COC1CCCCCC1)c1cc(C)cc(C)c1. The summed E-state index contributed by atoms with van der Waals surface area (Å²) in [5, 5.41) is 3.58. The van der Waals surface area contributed by atoms with E-state index in [2.05, 4.69) is 44.3 Å². The van der Waals surface area contributed by atoms with Crippen molar-refractivity contribution in [3.8, 4) is 0 Å².